The summed E-state index contributed by atoms with van der Waals surface area (Å²) >= 11 is 0. The lowest BCUT2D eigenvalue weighted by atomic mass is 10.1. The predicted octanol–water partition coefficient (Wildman–Crippen LogP) is 1.79. The molecular formula is C8H16O2. The first-order valence-electron chi connectivity index (χ1n) is 3.95. The lowest BCUT2D eigenvalue weighted by Crippen LogP contribution is -2.11. The third-order valence-corrected chi connectivity index (χ3v) is 1.56. The van der Waals surface area contributed by atoms with Crippen molar-refractivity contribution >= 4 is 0 Å². The molecule has 1 fully saturated rings. The number of rotatable bonds is 2. The van der Waals surface area contributed by atoms with Gasteiger partial charge in [0.25, 0.3) is 0 Å². The first-order chi connectivity index (χ1) is 4.68. The Labute approximate surface area is 62.5 Å². The molecule has 0 aromatic carbocycles. The fourth-order valence-corrected chi connectivity index (χ4v) is 1.09. The Morgan fingerprint density at radius 2 is 2.20 bits per heavy atom. The minimum Gasteiger partial charge on any atom is -0.350 e. The molecule has 1 rings (SSSR count). The lowest BCUT2D eigenvalue weighted by molar-refractivity contribution is -0.0661. The van der Waals surface area contributed by atoms with Crippen LogP contribution in [0, 0.1) is 5.92 Å². The molecule has 2 atom stereocenters. The van der Waals surface area contributed by atoms with Gasteiger partial charge in [0.1, 0.15) is 0 Å². The maximum atomic E-state index is 5.45. The summed E-state index contributed by atoms with van der Waals surface area (Å²) in [4.78, 5) is 0. The van der Waals surface area contributed by atoms with E-state index in [0.717, 1.165) is 13.0 Å². The molecule has 0 amide bonds. The second kappa shape index (κ2) is 3.35. The van der Waals surface area contributed by atoms with Gasteiger partial charge in [-0.25, -0.2) is 0 Å². The van der Waals surface area contributed by atoms with E-state index in [2.05, 4.69) is 13.8 Å². The Balaban J connectivity index is 2.18. The van der Waals surface area contributed by atoms with Gasteiger partial charge in [0, 0.05) is 6.42 Å². The second-order valence-corrected chi connectivity index (χ2v) is 3.34. The third kappa shape index (κ3) is 2.27. The van der Waals surface area contributed by atoms with E-state index in [1.165, 1.54) is 0 Å². The highest BCUT2D eigenvalue weighted by Gasteiger charge is 2.22. The van der Waals surface area contributed by atoms with Crippen LogP contribution >= 0.6 is 0 Å². The highest BCUT2D eigenvalue weighted by Crippen LogP contribution is 2.17. The molecule has 2 unspecified atom stereocenters. The molecule has 1 heterocycles. The summed E-state index contributed by atoms with van der Waals surface area (Å²) < 4.78 is 10.8. The summed E-state index contributed by atoms with van der Waals surface area (Å²) in [7, 11) is 0. The summed E-state index contributed by atoms with van der Waals surface area (Å²) in [5.41, 5.74) is 0. The zero-order valence-corrected chi connectivity index (χ0v) is 6.96. The standard InChI is InChI=1S/C8H16O2/c1-6(2)4-8-9-5-7(3)10-8/h6-8H,4-5H2,1-3H3. The van der Waals surface area contributed by atoms with Crippen molar-refractivity contribution in [2.75, 3.05) is 6.61 Å². The summed E-state index contributed by atoms with van der Waals surface area (Å²) in [6.07, 6.45) is 1.38. The number of hydrogen-bond acceptors (Lipinski definition) is 2. The average molecular weight is 144 g/mol. The number of ether oxygens (including phenoxy) is 2. The fourth-order valence-electron chi connectivity index (χ4n) is 1.09. The van der Waals surface area contributed by atoms with E-state index in [1.54, 1.807) is 0 Å². The molecule has 2 heteroatoms. The van der Waals surface area contributed by atoms with Crippen LogP contribution in [0.15, 0.2) is 0 Å². The third-order valence-electron chi connectivity index (χ3n) is 1.56. The summed E-state index contributed by atoms with van der Waals surface area (Å²) in [6.45, 7) is 7.16. The molecular weight excluding hydrogens is 128 g/mol. The van der Waals surface area contributed by atoms with E-state index in [1.807, 2.05) is 6.92 Å². The van der Waals surface area contributed by atoms with Gasteiger partial charge in [-0.1, -0.05) is 13.8 Å². The first-order valence-corrected chi connectivity index (χ1v) is 3.95. The smallest absolute Gasteiger partial charge is 0.158 e. The van der Waals surface area contributed by atoms with Crippen molar-refractivity contribution in [2.24, 2.45) is 5.92 Å². The van der Waals surface area contributed by atoms with Gasteiger partial charge in [0.2, 0.25) is 0 Å². The Hall–Kier alpha value is -0.0800. The molecule has 0 spiro atoms. The van der Waals surface area contributed by atoms with Crippen LogP contribution in [0.25, 0.3) is 0 Å². The minimum absolute atomic E-state index is 0.0648. The highest BCUT2D eigenvalue weighted by atomic mass is 16.7. The van der Waals surface area contributed by atoms with Crippen LogP contribution in [0.1, 0.15) is 27.2 Å². The maximum Gasteiger partial charge on any atom is 0.158 e. The molecule has 0 radical (unpaired) electrons. The monoisotopic (exact) mass is 144 g/mol. The zero-order valence-electron chi connectivity index (χ0n) is 6.96. The van der Waals surface area contributed by atoms with Crippen molar-refractivity contribution in [3.05, 3.63) is 0 Å². The first kappa shape index (κ1) is 8.02. The summed E-state index contributed by atoms with van der Waals surface area (Å²) in [6, 6.07) is 0. The van der Waals surface area contributed by atoms with Gasteiger partial charge in [-0.3, -0.25) is 0 Å². The van der Waals surface area contributed by atoms with E-state index in [9.17, 15) is 0 Å². The van der Waals surface area contributed by atoms with Gasteiger partial charge < -0.3 is 9.47 Å². The largest absolute Gasteiger partial charge is 0.350 e. The molecule has 1 aliphatic heterocycles. The van der Waals surface area contributed by atoms with Crippen molar-refractivity contribution in [1.29, 1.82) is 0 Å². The van der Waals surface area contributed by atoms with Gasteiger partial charge in [-0.15, -0.1) is 0 Å². The molecule has 60 valence electrons. The molecule has 0 aromatic heterocycles. The summed E-state index contributed by atoms with van der Waals surface area (Å²) in [5, 5.41) is 0. The van der Waals surface area contributed by atoms with E-state index in [-0.39, 0.29) is 6.29 Å². The predicted molar refractivity (Wildman–Crippen MR) is 39.7 cm³/mol. The van der Waals surface area contributed by atoms with E-state index in [0.29, 0.717) is 12.0 Å². The quantitative estimate of drug-likeness (QED) is 0.588. The Morgan fingerprint density at radius 1 is 1.50 bits per heavy atom. The minimum atomic E-state index is 0.0648. The molecule has 0 N–H and O–H groups in total. The van der Waals surface area contributed by atoms with Crippen molar-refractivity contribution in [3.63, 3.8) is 0 Å². The SMILES string of the molecule is CC(C)CC1OCC(C)O1. The van der Waals surface area contributed by atoms with Crippen LogP contribution in [0.3, 0.4) is 0 Å². The second-order valence-electron chi connectivity index (χ2n) is 3.34. The van der Waals surface area contributed by atoms with Gasteiger partial charge in [0.15, 0.2) is 6.29 Å². The fraction of sp³-hybridized carbons (Fsp3) is 1.00. The van der Waals surface area contributed by atoms with Crippen molar-refractivity contribution in [1.82, 2.24) is 0 Å². The highest BCUT2D eigenvalue weighted by molar-refractivity contribution is 4.61. The van der Waals surface area contributed by atoms with Crippen LogP contribution in [0.4, 0.5) is 0 Å². The van der Waals surface area contributed by atoms with Crippen LogP contribution < -0.4 is 0 Å². The normalized spacial score (nSPS) is 33.6. The zero-order chi connectivity index (χ0) is 7.56. The molecule has 0 aromatic rings. The van der Waals surface area contributed by atoms with Gasteiger partial charge in [-0.2, -0.15) is 0 Å². The van der Waals surface area contributed by atoms with Gasteiger partial charge in [0.05, 0.1) is 12.7 Å². The molecule has 0 bridgehead atoms. The number of hydrogen-bond donors (Lipinski definition) is 0. The molecule has 1 saturated heterocycles. The van der Waals surface area contributed by atoms with Crippen molar-refractivity contribution in [2.45, 2.75) is 39.6 Å². The van der Waals surface area contributed by atoms with Gasteiger partial charge in [-0.05, 0) is 12.8 Å². The van der Waals surface area contributed by atoms with Gasteiger partial charge >= 0.3 is 0 Å². The molecule has 2 nitrogen and oxygen atoms in total. The summed E-state index contributed by atoms with van der Waals surface area (Å²) in [5.74, 6) is 0.662. The van der Waals surface area contributed by atoms with E-state index in [4.69, 9.17) is 9.47 Å². The van der Waals surface area contributed by atoms with E-state index < -0.39 is 0 Å². The van der Waals surface area contributed by atoms with Crippen molar-refractivity contribution < 1.29 is 9.47 Å². The lowest BCUT2D eigenvalue weighted by Gasteiger charge is -2.11. The van der Waals surface area contributed by atoms with E-state index >= 15 is 0 Å². The molecule has 0 aliphatic carbocycles. The van der Waals surface area contributed by atoms with Crippen molar-refractivity contribution in [3.8, 4) is 0 Å². The molecule has 1 aliphatic rings. The van der Waals surface area contributed by atoms with Crippen LogP contribution in [-0.2, 0) is 9.47 Å². The Morgan fingerprint density at radius 3 is 2.60 bits per heavy atom. The maximum absolute atomic E-state index is 5.45. The topological polar surface area (TPSA) is 18.5 Å². The Bertz CT molecular complexity index is 101. The molecule has 10 heavy (non-hydrogen) atoms. The van der Waals surface area contributed by atoms with Crippen LogP contribution in [0.2, 0.25) is 0 Å². The Kier molecular flexibility index (Phi) is 2.69. The average Bonchev–Trinajstić information content (AvgIpc) is 2.13. The molecule has 0 saturated carbocycles. The van der Waals surface area contributed by atoms with Crippen LogP contribution in [-0.4, -0.2) is 19.0 Å². The van der Waals surface area contributed by atoms with Crippen LogP contribution in [0.5, 0.6) is 0 Å².